The van der Waals surface area contributed by atoms with Crippen LogP contribution in [-0.2, 0) is 12.4 Å². The van der Waals surface area contributed by atoms with Crippen molar-refractivity contribution in [2.75, 3.05) is 0 Å². The van der Waals surface area contributed by atoms with Crippen LogP contribution in [0.2, 0.25) is 0 Å². The van der Waals surface area contributed by atoms with E-state index in [0.29, 0.717) is 33.7 Å². The molecule has 0 radical (unpaired) electrons. The highest BCUT2D eigenvalue weighted by Gasteiger charge is 2.42. The van der Waals surface area contributed by atoms with Crippen molar-refractivity contribution in [2.45, 2.75) is 12.4 Å². The Kier molecular flexibility index (Phi) is 7.14. The molecular formula is C44H17F9N2. The van der Waals surface area contributed by atoms with Crippen LogP contribution in [-0.4, -0.2) is 0 Å². The van der Waals surface area contributed by atoms with Crippen molar-refractivity contribution in [3.63, 3.8) is 0 Å². The Morgan fingerprint density at radius 2 is 0.945 bits per heavy atom. The summed E-state index contributed by atoms with van der Waals surface area (Å²) in [5.41, 5.74) is -7.25. The maximum atomic E-state index is 16.6. The molecule has 8 aromatic rings. The van der Waals surface area contributed by atoms with E-state index in [-0.39, 0.29) is 33.2 Å². The van der Waals surface area contributed by atoms with Crippen molar-refractivity contribution in [2.24, 2.45) is 0 Å². The van der Waals surface area contributed by atoms with Gasteiger partial charge in [0.2, 0.25) is 0 Å². The summed E-state index contributed by atoms with van der Waals surface area (Å²) in [5.74, 6) is -5.57. The summed E-state index contributed by atoms with van der Waals surface area (Å²) in [5, 5.41) is 19.7. The van der Waals surface area contributed by atoms with Crippen LogP contribution in [0, 0.1) is 40.1 Å². The summed E-state index contributed by atoms with van der Waals surface area (Å²) in [6.45, 7) is 0. The number of benzene rings is 8. The number of halogens is 9. The van der Waals surface area contributed by atoms with Gasteiger partial charge in [0.15, 0.2) is 17.5 Å². The van der Waals surface area contributed by atoms with Gasteiger partial charge in [-0.2, -0.15) is 36.9 Å². The van der Waals surface area contributed by atoms with Gasteiger partial charge in [0.1, 0.15) is 17.7 Å². The van der Waals surface area contributed by atoms with E-state index in [1.165, 1.54) is 36.4 Å². The standard InChI is InChI=1S/C44H17F9N2/c45-40-31(19-55)41(46)42(47)37-30(18-54)35-28-15-26(24-11-9-20-5-1-3-7-22(20)13-24)32(43(48,49)50)16-27(28)29-17-33(44(51,52)53)34(38(36(29)35)39(37)40)25-12-10-21-6-2-4-8-23(21)14-25/h1-17H. The fourth-order valence-electron chi connectivity index (χ4n) is 7.99. The van der Waals surface area contributed by atoms with Gasteiger partial charge in [-0.3, -0.25) is 0 Å². The number of fused-ring (bicyclic) bond motifs is 7. The SMILES string of the molecule is N#Cc1c(F)c(F)c2c(C#N)c3c4c(cc(C(F)(F)F)c(-c5ccc6ccccc6c5)c4c2c1F)-c1cc(C(F)(F)F)c(-c2ccc4ccccc4c2)cc1-3. The van der Waals surface area contributed by atoms with E-state index in [1.807, 2.05) is 0 Å². The summed E-state index contributed by atoms with van der Waals surface area (Å²) in [6.07, 6.45) is -10.3. The third kappa shape index (κ3) is 4.82. The topological polar surface area (TPSA) is 47.6 Å². The molecule has 1 aliphatic rings. The molecule has 0 saturated carbocycles. The Hall–Kier alpha value is -6.85. The highest BCUT2D eigenvalue weighted by Crippen LogP contribution is 2.59. The lowest BCUT2D eigenvalue weighted by Gasteiger charge is -2.21. The summed E-state index contributed by atoms with van der Waals surface area (Å²) < 4.78 is 140. The maximum absolute atomic E-state index is 16.6. The van der Waals surface area contributed by atoms with Crippen molar-refractivity contribution in [1.82, 2.24) is 0 Å². The molecule has 55 heavy (non-hydrogen) atoms. The zero-order valence-electron chi connectivity index (χ0n) is 27.6. The first-order valence-corrected chi connectivity index (χ1v) is 16.5. The van der Waals surface area contributed by atoms with E-state index in [2.05, 4.69) is 0 Å². The van der Waals surface area contributed by atoms with Crippen LogP contribution < -0.4 is 0 Å². The molecule has 11 heteroatoms. The largest absolute Gasteiger partial charge is 0.417 e. The zero-order valence-corrected chi connectivity index (χ0v) is 27.6. The first-order valence-electron chi connectivity index (χ1n) is 16.5. The van der Waals surface area contributed by atoms with E-state index >= 15 is 39.5 Å². The summed E-state index contributed by atoms with van der Waals surface area (Å²) in [6, 6.07) is 27.7. The van der Waals surface area contributed by atoms with Gasteiger partial charge in [0.25, 0.3) is 0 Å². The first-order chi connectivity index (χ1) is 26.2. The van der Waals surface area contributed by atoms with E-state index in [4.69, 9.17) is 0 Å². The first kappa shape index (κ1) is 34.0. The maximum Gasteiger partial charge on any atom is 0.417 e. The van der Waals surface area contributed by atoms with Gasteiger partial charge in [-0.05, 0) is 85.3 Å². The molecule has 0 N–H and O–H groups in total. The van der Waals surface area contributed by atoms with Crippen LogP contribution in [0.1, 0.15) is 22.3 Å². The molecule has 0 fully saturated rings. The van der Waals surface area contributed by atoms with Gasteiger partial charge in [0, 0.05) is 32.7 Å². The number of hydrogen-bond acceptors (Lipinski definition) is 2. The van der Waals surface area contributed by atoms with Crippen molar-refractivity contribution in [3.05, 3.63) is 143 Å². The average Bonchev–Trinajstić information content (AvgIpc) is 3.49. The minimum atomic E-state index is -5.24. The second kappa shape index (κ2) is 11.6. The van der Waals surface area contributed by atoms with Crippen LogP contribution in [0.5, 0.6) is 0 Å². The fraction of sp³-hybridized carbons (Fsp3) is 0.0455. The molecule has 0 heterocycles. The summed E-state index contributed by atoms with van der Waals surface area (Å²) in [7, 11) is 0. The van der Waals surface area contributed by atoms with Gasteiger partial charge < -0.3 is 0 Å². The lowest BCUT2D eigenvalue weighted by molar-refractivity contribution is -0.137. The molecule has 0 unspecified atom stereocenters. The Morgan fingerprint density at radius 1 is 0.400 bits per heavy atom. The molecule has 1 aliphatic carbocycles. The normalized spacial score (nSPS) is 12.4. The highest BCUT2D eigenvalue weighted by atomic mass is 19.4. The van der Waals surface area contributed by atoms with Gasteiger partial charge in [-0.15, -0.1) is 0 Å². The second-order valence-corrected chi connectivity index (χ2v) is 13.2. The van der Waals surface area contributed by atoms with Crippen LogP contribution in [0.15, 0.2) is 103 Å². The summed E-state index contributed by atoms with van der Waals surface area (Å²) >= 11 is 0. The molecule has 0 saturated heterocycles. The van der Waals surface area contributed by atoms with Crippen LogP contribution >= 0.6 is 0 Å². The predicted octanol–water partition coefficient (Wildman–Crippen LogP) is 13.5. The van der Waals surface area contributed by atoms with E-state index in [1.54, 1.807) is 60.7 Å². The zero-order chi connectivity index (χ0) is 38.7. The Morgan fingerprint density at radius 3 is 1.53 bits per heavy atom. The van der Waals surface area contributed by atoms with Crippen molar-refractivity contribution in [3.8, 4) is 56.6 Å². The van der Waals surface area contributed by atoms with Crippen LogP contribution in [0.4, 0.5) is 39.5 Å². The summed E-state index contributed by atoms with van der Waals surface area (Å²) in [4.78, 5) is 0. The molecule has 0 aromatic heterocycles. The molecule has 266 valence electrons. The van der Waals surface area contributed by atoms with Gasteiger partial charge >= 0.3 is 12.4 Å². The third-order valence-electron chi connectivity index (χ3n) is 10.3. The molecular weight excluding hydrogens is 727 g/mol. The molecule has 2 nitrogen and oxygen atoms in total. The van der Waals surface area contributed by atoms with Crippen LogP contribution in [0.3, 0.4) is 0 Å². The minimum Gasteiger partial charge on any atom is -0.205 e. The fourth-order valence-corrected chi connectivity index (χ4v) is 7.99. The molecule has 0 amide bonds. The lowest BCUT2D eigenvalue weighted by Crippen LogP contribution is -2.09. The minimum absolute atomic E-state index is 0.0788. The molecule has 8 aromatic carbocycles. The Balaban J connectivity index is 1.54. The smallest absolute Gasteiger partial charge is 0.205 e. The Labute approximate surface area is 304 Å². The molecule has 0 bridgehead atoms. The van der Waals surface area contributed by atoms with E-state index < -0.39 is 84.9 Å². The van der Waals surface area contributed by atoms with Crippen LogP contribution in [0.25, 0.3) is 87.6 Å². The molecule has 0 spiro atoms. The number of rotatable bonds is 2. The van der Waals surface area contributed by atoms with Gasteiger partial charge in [-0.1, -0.05) is 72.8 Å². The predicted molar refractivity (Wildman–Crippen MR) is 191 cm³/mol. The highest BCUT2D eigenvalue weighted by molar-refractivity contribution is 6.30. The van der Waals surface area contributed by atoms with E-state index in [9.17, 15) is 10.5 Å². The molecule has 9 rings (SSSR count). The Bertz CT molecular complexity index is 3130. The average molecular weight is 745 g/mol. The number of alkyl halides is 6. The number of hydrogen-bond donors (Lipinski definition) is 0. The second-order valence-electron chi connectivity index (χ2n) is 13.2. The van der Waals surface area contributed by atoms with Gasteiger partial charge in [-0.25, -0.2) is 13.2 Å². The van der Waals surface area contributed by atoms with Crippen molar-refractivity contribution in [1.29, 1.82) is 10.5 Å². The van der Waals surface area contributed by atoms with Crippen molar-refractivity contribution >= 4 is 43.1 Å². The number of nitrogens with zero attached hydrogens (tertiary/aromatic N) is 2. The van der Waals surface area contributed by atoms with E-state index in [0.717, 1.165) is 6.07 Å². The van der Waals surface area contributed by atoms with Gasteiger partial charge in [0.05, 0.1) is 16.7 Å². The lowest BCUT2D eigenvalue weighted by atomic mass is 9.83. The number of nitriles is 2. The quantitative estimate of drug-likeness (QED) is 0.101. The van der Waals surface area contributed by atoms with Crippen molar-refractivity contribution < 1.29 is 39.5 Å². The molecule has 0 aliphatic heterocycles. The monoisotopic (exact) mass is 744 g/mol. The third-order valence-corrected chi connectivity index (χ3v) is 10.3. The molecule has 0 atom stereocenters.